The maximum Gasteiger partial charge on any atom is 0.326 e. The van der Waals surface area contributed by atoms with Gasteiger partial charge in [-0.2, -0.15) is 0 Å². The van der Waals surface area contributed by atoms with Crippen molar-refractivity contribution in [3.63, 3.8) is 0 Å². The van der Waals surface area contributed by atoms with Gasteiger partial charge in [0.25, 0.3) is 0 Å². The Labute approximate surface area is 127 Å². The summed E-state index contributed by atoms with van der Waals surface area (Å²) in [7, 11) is 2.08. The molecule has 0 aromatic rings. The Bertz CT molecular complexity index is 341. The third-order valence-electron chi connectivity index (χ3n) is 4.01. The molecule has 3 N–H and O–H groups in total. The Balaban J connectivity index is 2.24. The maximum absolute atomic E-state index is 11.7. The number of carbonyl (C=O) groups is 2. The SMILES string of the molecule is CC(C)C[C@H](NC(=O)NCCN(C)C1CCCC1)C(=O)O. The highest BCUT2D eigenvalue weighted by atomic mass is 16.4. The number of carbonyl (C=O) groups excluding carboxylic acids is 1. The van der Waals surface area contributed by atoms with Gasteiger partial charge >= 0.3 is 12.0 Å². The monoisotopic (exact) mass is 299 g/mol. The Morgan fingerprint density at radius 3 is 2.43 bits per heavy atom. The highest BCUT2D eigenvalue weighted by molar-refractivity contribution is 5.82. The number of hydrogen-bond acceptors (Lipinski definition) is 3. The zero-order chi connectivity index (χ0) is 15.8. The zero-order valence-electron chi connectivity index (χ0n) is 13.4. The number of likely N-dealkylation sites (N-methyl/N-ethyl adjacent to an activating group) is 1. The topological polar surface area (TPSA) is 81.7 Å². The predicted molar refractivity (Wildman–Crippen MR) is 82.3 cm³/mol. The van der Waals surface area contributed by atoms with Crippen LogP contribution >= 0.6 is 0 Å². The summed E-state index contributed by atoms with van der Waals surface area (Å²) >= 11 is 0. The van der Waals surface area contributed by atoms with Crippen molar-refractivity contribution in [3.8, 4) is 0 Å². The van der Waals surface area contributed by atoms with Crippen molar-refractivity contribution >= 4 is 12.0 Å². The summed E-state index contributed by atoms with van der Waals surface area (Å²) in [6.07, 6.45) is 5.48. The number of urea groups is 1. The average Bonchev–Trinajstić information content (AvgIpc) is 2.91. The third kappa shape index (κ3) is 6.80. The first-order valence-corrected chi connectivity index (χ1v) is 7.87. The van der Waals surface area contributed by atoms with E-state index in [4.69, 9.17) is 5.11 Å². The molecular formula is C15H29N3O3. The molecule has 0 spiro atoms. The summed E-state index contributed by atoms with van der Waals surface area (Å²) in [6.45, 7) is 5.20. The molecule has 122 valence electrons. The quantitative estimate of drug-likeness (QED) is 0.636. The summed E-state index contributed by atoms with van der Waals surface area (Å²) in [5.41, 5.74) is 0. The number of rotatable bonds is 8. The van der Waals surface area contributed by atoms with Gasteiger partial charge in [0.1, 0.15) is 6.04 Å². The number of amides is 2. The van der Waals surface area contributed by atoms with Gasteiger partial charge in [-0.05, 0) is 32.2 Å². The smallest absolute Gasteiger partial charge is 0.326 e. The van der Waals surface area contributed by atoms with Gasteiger partial charge in [0.2, 0.25) is 0 Å². The number of hydrogen-bond donors (Lipinski definition) is 3. The first-order chi connectivity index (χ1) is 9.90. The molecule has 0 bridgehead atoms. The largest absolute Gasteiger partial charge is 0.480 e. The normalized spacial score (nSPS) is 17.2. The Morgan fingerprint density at radius 1 is 1.29 bits per heavy atom. The Kier molecular flexibility index (Phi) is 7.50. The molecule has 1 rings (SSSR count). The van der Waals surface area contributed by atoms with Crippen LogP contribution in [0.15, 0.2) is 0 Å². The van der Waals surface area contributed by atoms with Crippen LogP contribution < -0.4 is 10.6 Å². The van der Waals surface area contributed by atoms with Gasteiger partial charge in [0.05, 0.1) is 0 Å². The summed E-state index contributed by atoms with van der Waals surface area (Å²) in [5.74, 6) is -0.762. The van der Waals surface area contributed by atoms with Crippen LogP contribution in [0.1, 0.15) is 46.0 Å². The van der Waals surface area contributed by atoms with Gasteiger partial charge in [-0.25, -0.2) is 9.59 Å². The minimum atomic E-state index is -0.984. The fraction of sp³-hybridized carbons (Fsp3) is 0.867. The van der Waals surface area contributed by atoms with E-state index in [0.29, 0.717) is 19.0 Å². The van der Waals surface area contributed by atoms with Crippen molar-refractivity contribution < 1.29 is 14.7 Å². The maximum atomic E-state index is 11.7. The van der Waals surface area contributed by atoms with E-state index in [1.807, 2.05) is 13.8 Å². The van der Waals surface area contributed by atoms with Crippen molar-refractivity contribution in [3.05, 3.63) is 0 Å². The Hall–Kier alpha value is -1.30. The number of nitrogens with zero attached hydrogens (tertiary/aromatic N) is 1. The molecule has 0 aromatic heterocycles. The standard InChI is InChI=1S/C15H29N3O3/c1-11(2)10-13(14(19)20)17-15(21)16-8-9-18(3)12-6-4-5-7-12/h11-13H,4-10H2,1-3H3,(H,19,20)(H2,16,17,21)/t13-/m0/s1. The van der Waals surface area contributed by atoms with Crippen molar-refractivity contribution in [2.45, 2.75) is 58.0 Å². The van der Waals surface area contributed by atoms with Crippen molar-refractivity contribution in [2.75, 3.05) is 20.1 Å². The van der Waals surface area contributed by atoms with Crippen LogP contribution in [0, 0.1) is 5.92 Å². The number of carboxylic acid groups (broad SMARTS) is 1. The van der Waals surface area contributed by atoms with E-state index in [1.165, 1.54) is 25.7 Å². The Morgan fingerprint density at radius 2 is 1.90 bits per heavy atom. The highest BCUT2D eigenvalue weighted by Crippen LogP contribution is 2.21. The zero-order valence-corrected chi connectivity index (χ0v) is 13.4. The van der Waals surface area contributed by atoms with E-state index in [1.54, 1.807) is 0 Å². The van der Waals surface area contributed by atoms with Crippen LogP contribution in [0.5, 0.6) is 0 Å². The molecular weight excluding hydrogens is 270 g/mol. The fourth-order valence-corrected chi connectivity index (χ4v) is 2.78. The van der Waals surface area contributed by atoms with Crippen molar-refractivity contribution in [1.82, 2.24) is 15.5 Å². The lowest BCUT2D eigenvalue weighted by molar-refractivity contribution is -0.139. The average molecular weight is 299 g/mol. The molecule has 21 heavy (non-hydrogen) atoms. The third-order valence-corrected chi connectivity index (χ3v) is 4.01. The molecule has 1 aliphatic rings. The van der Waals surface area contributed by atoms with Gasteiger partial charge in [-0.3, -0.25) is 0 Å². The molecule has 0 unspecified atom stereocenters. The molecule has 6 nitrogen and oxygen atoms in total. The second kappa shape index (κ2) is 8.87. The molecule has 6 heteroatoms. The fourth-order valence-electron chi connectivity index (χ4n) is 2.78. The van der Waals surface area contributed by atoms with Gasteiger partial charge in [-0.15, -0.1) is 0 Å². The predicted octanol–water partition coefficient (Wildman–Crippen LogP) is 1.66. The van der Waals surface area contributed by atoms with Gasteiger partial charge in [0, 0.05) is 19.1 Å². The minimum absolute atomic E-state index is 0.222. The van der Waals surface area contributed by atoms with Crippen molar-refractivity contribution in [1.29, 1.82) is 0 Å². The summed E-state index contributed by atoms with van der Waals surface area (Å²) in [5, 5.41) is 14.3. The molecule has 0 heterocycles. The molecule has 0 radical (unpaired) electrons. The van der Waals surface area contributed by atoms with Crippen LogP contribution in [0.2, 0.25) is 0 Å². The second-order valence-corrected chi connectivity index (χ2v) is 6.34. The first-order valence-electron chi connectivity index (χ1n) is 7.87. The lowest BCUT2D eigenvalue weighted by atomic mass is 10.0. The van der Waals surface area contributed by atoms with E-state index < -0.39 is 18.0 Å². The molecule has 0 saturated heterocycles. The van der Waals surface area contributed by atoms with Crippen LogP contribution in [0.25, 0.3) is 0 Å². The van der Waals surface area contributed by atoms with Gasteiger partial charge in [0.15, 0.2) is 0 Å². The van der Waals surface area contributed by atoms with E-state index in [0.717, 1.165) is 6.54 Å². The molecule has 1 atom stereocenters. The number of carboxylic acids is 1. The molecule has 2 amide bonds. The van der Waals surface area contributed by atoms with E-state index in [9.17, 15) is 9.59 Å². The molecule has 1 saturated carbocycles. The summed E-state index contributed by atoms with van der Waals surface area (Å²) in [4.78, 5) is 25.1. The van der Waals surface area contributed by atoms with Crippen LogP contribution in [-0.2, 0) is 4.79 Å². The molecule has 0 aliphatic heterocycles. The minimum Gasteiger partial charge on any atom is -0.480 e. The first kappa shape index (κ1) is 17.8. The van der Waals surface area contributed by atoms with E-state index in [2.05, 4.69) is 22.6 Å². The summed E-state index contributed by atoms with van der Waals surface area (Å²) < 4.78 is 0. The van der Waals surface area contributed by atoms with Crippen molar-refractivity contribution in [2.24, 2.45) is 5.92 Å². The van der Waals surface area contributed by atoms with Crippen LogP contribution in [-0.4, -0.2) is 54.2 Å². The molecule has 1 aliphatic carbocycles. The summed E-state index contributed by atoms with van der Waals surface area (Å²) in [6, 6.07) is -0.594. The highest BCUT2D eigenvalue weighted by Gasteiger charge is 2.21. The molecule has 0 aromatic carbocycles. The lowest BCUT2D eigenvalue weighted by Crippen LogP contribution is -2.48. The molecule has 1 fully saturated rings. The van der Waals surface area contributed by atoms with Gasteiger partial charge in [-0.1, -0.05) is 26.7 Å². The van der Waals surface area contributed by atoms with Crippen LogP contribution in [0.3, 0.4) is 0 Å². The lowest BCUT2D eigenvalue weighted by Gasteiger charge is -2.24. The number of nitrogens with one attached hydrogen (secondary N) is 2. The van der Waals surface area contributed by atoms with Gasteiger partial charge < -0.3 is 20.6 Å². The van der Waals surface area contributed by atoms with E-state index >= 15 is 0 Å². The number of aliphatic carboxylic acids is 1. The van der Waals surface area contributed by atoms with Crippen LogP contribution in [0.4, 0.5) is 4.79 Å². The second-order valence-electron chi connectivity index (χ2n) is 6.34. The van der Waals surface area contributed by atoms with E-state index in [-0.39, 0.29) is 5.92 Å².